The normalized spacial score (nSPS) is 13.2. The Balaban J connectivity index is 3.39. The van der Waals surface area contributed by atoms with Crippen molar-refractivity contribution in [2.24, 2.45) is 0 Å². The number of halogens is 3. The first-order valence-electron chi connectivity index (χ1n) is 5.16. The number of phenolic OH excluding ortho intramolecular Hbond substituents is 1. The first kappa shape index (κ1) is 14.0. The summed E-state index contributed by atoms with van der Waals surface area (Å²) in [5.74, 6) is 0.134. The van der Waals surface area contributed by atoms with E-state index in [1.807, 2.05) is 13.8 Å². The molecule has 0 aliphatic carbocycles. The molecule has 0 aliphatic rings. The lowest BCUT2D eigenvalue weighted by molar-refractivity contribution is 0.420. The fourth-order valence-corrected chi connectivity index (χ4v) is 3.70. The third-order valence-corrected chi connectivity index (χ3v) is 4.06. The topological polar surface area (TPSA) is 20.2 Å². The van der Waals surface area contributed by atoms with Gasteiger partial charge in [-0.05, 0) is 33.5 Å². The molecule has 0 amide bonds. The average molecular weight is 354 g/mol. The minimum absolute atomic E-state index is 0.150. The lowest BCUT2D eigenvalue weighted by Crippen LogP contribution is -2.00. The van der Waals surface area contributed by atoms with Crippen LogP contribution in [0.15, 0.2) is 15.0 Å². The first-order valence-corrected chi connectivity index (χ1v) is 6.75. The van der Waals surface area contributed by atoms with Crippen molar-refractivity contribution in [1.29, 1.82) is 0 Å². The van der Waals surface area contributed by atoms with Gasteiger partial charge in [0, 0.05) is 16.0 Å². The third kappa shape index (κ3) is 2.59. The molecule has 4 heteroatoms. The predicted molar refractivity (Wildman–Crippen MR) is 72.0 cm³/mol. The zero-order chi connectivity index (χ0) is 12.5. The Labute approximate surface area is 112 Å². The van der Waals surface area contributed by atoms with E-state index >= 15 is 0 Å². The molecule has 0 heterocycles. The predicted octanol–water partition coefficient (Wildman–Crippen LogP) is 5.11. The standard InChI is InChI=1S/C12H15Br2FO/c1-6(2)10-9(13)4-8(7(3)5-15)12(16)11(10)14/h4,6-7,16H,5H2,1-3H3. The summed E-state index contributed by atoms with van der Waals surface area (Å²) < 4.78 is 14.2. The van der Waals surface area contributed by atoms with E-state index in [0.717, 1.165) is 10.0 Å². The highest BCUT2D eigenvalue weighted by atomic mass is 79.9. The van der Waals surface area contributed by atoms with Crippen molar-refractivity contribution in [3.63, 3.8) is 0 Å². The van der Waals surface area contributed by atoms with Crippen molar-refractivity contribution in [3.05, 3.63) is 26.1 Å². The fourth-order valence-electron chi connectivity index (χ4n) is 1.63. The largest absolute Gasteiger partial charge is 0.506 e. The summed E-state index contributed by atoms with van der Waals surface area (Å²) in [4.78, 5) is 0. The maximum Gasteiger partial charge on any atom is 0.133 e. The van der Waals surface area contributed by atoms with E-state index in [1.165, 1.54) is 0 Å². The summed E-state index contributed by atoms with van der Waals surface area (Å²) in [6, 6.07) is 1.81. The number of rotatable bonds is 3. The van der Waals surface area contributed by atoms with E-state index < -0.39 is 6.67 Å². The summed E-state index contributed by atoms with van der Waals surface area (Å²) >= 11 is 6.84. The molecule has 1 aromatic rings. The number of hydrogen-bond acceptors (Lipinski definition) is 1. The monoisotopic (exact) mass is 352 g/mol. The van der Waals surface area contributed by atoms with Crippen LogP contribution in [-0.4, -0.2) is 11.8 Å². The molecule has 16 heavy (non-hydrogen) atoms. The van der Waals surface area contributed by atoms with Crippen LogP contribution in [-0.2, 0) is 0 Å². The van der Waals surface area contributed by atoms with Crippen molar-refractivity contribution >= 4 is 31.9 Å². The molecular weight excluding hydrogens is 339 g/mol. The van der Waals surface area contributed by atoms with Gasteiger partial charge in [0.1, 0.15) is 5.75 Å². The molecule has 0 spiro atoms. The number of benzene rings is 1. The van der Waals surface area contributed by atoms with Gasteiger partial charge in [0.15, 0.2) is 0 Å². The minimum atomic E-state index is -0.479. The van der Waals surface area contributed by atoms with E-state index in [2.05, 4.69) is 31.9 Å². The molecule has 0 aliphatic heterocycles. The van der Waals surface area contributed by atoms with Crippen molar-refractivity contribution in [1.82, 2.24) is 0 Å². The van der Waals surface area contributed by atoms with Gasteiger partial charge in [0.05, 0.1) is 11.1 Å². The Bertz CT molecular complexity index is 391. The highest BCUT2D eigenvalue weighted by Crippen LogP contribution is 2.42. The molecule has 0 fully saturated rings. The van der Waals surface area contributed by atoms with E-state index in [4.69, 9.17) is 0 Å². The van der Waals surface area contributed by atoms with Crippen molar-refractivity contribution < 1.29 is 9.50 Å². The molecule has 0 aromatic heterocycles. The smallest absolute Gasteiger partial charge is 0.133 e. The van der Waals surface area contributed by atoms with Crippen LogP contribution in [0.1, 0.15) is 43.7 Å². The zero-order valence-electron chi connectivity index (χ0n) is 9.52. The molecule has 1 aromatic carbocycles. The molecule has 90 valence electrons. The van der Waals surface area contributed by atoms with Crippen LogP contribution in [0.4, 0.5) is 4.39 Å². The molecule has 0 saturated heterocycles. The van der Waals surface area contributed by atoms with Crippen molar-refractivity contribution in [2.75, 3.05) is 6.67 Å². The van der Waals surface area contributed by atoms with Gasteiger partial charge >= 0.3 is 0 Å². The average Bonchev–Trinajstić information content (AvgIpc) is 2.22. The van der Waals surface area contributed by atoms with Crippen molar-refractivity contribution in [3.8, 4) is 5.75 Å². The summed E-state index contributed by atoms with van der Waals surface area (Å²) in [7, 11) is 0. The Morgan fingerprint density at radius 2 is 1.88 bits per heavy atom. The Kier molecular flexibility index (Phi) is 4.80. The maximum atomic E-state index is 12.6. The summed E-state index contributed by atoms with van der Waals surface area (Å²) in [6.45, 7) is 5.36. The van der Waals surface area contributed by atoms with Gasteiger partial charge in [0.25, 0.3) is 0 Å². The molecule has 0 bridgehead atoms. The highest BCUT2D eigenvalue weighted by molar-refractivity contribution is 9.11. The lowest BCUT2D eigenvalue weighted by Gasteiger charge is -2.18. The molecule has 1 nitrogen and oxygen atoms in total. The van der Waals surface area contributed by atoms with Gasteiger partial charge in [0.2, 0.25) is 0 Å². The molecular formula is C12H15Br2FO. The Morgan fingerprint density at radius 1 is 1.31 bits per heavy atom. The van der Waals surface area contributed by atoms with Gasteiger partial charge in [-0.25, -0.2) is 0 Å². The number of phenols is 1. The van der Waals surface area contributed by atoms with E-state index in [0.29, 0.717) is 10.0 Å². The van der Waals surface area contributed by atoms with Crippen LogP contribution in [0.3, 0.4) is 0 Å². The molecule has 1 N–H and O–H groups in total. The van der Waals surface area contributed by atoms with Crippen molar-refractivity contribution in [2.45, 2.75) is 32.6 Å². The van der Waals surface area contributed by atoms with Crippen LogP contribution in [0, 0.1) is 0 Å². The fraction of sp³-hybridized carbons (Fsp3) is 0.500. The number of alkyl halides is 1. The van der Waals surface area contributed by atoms with E-state index in [1.54, 1.807) is 13.0 Å². The molecule has 1 unspecified atom stereocenters. The van der Waals surface area contributed by atoms with Gasteiger partial charge in [-0.1, -0.05) is 36.7 Å². The maximum absolute atomic E-state index is 12.6. The van der Waals surface area contributed by atoms with E-state index in [-0.39, 0.29) is 17.6 Å². The second kappa shape index (κ2) is 5.50. The summed E-state index contributed by atoms with van der Waals surface area (Å²) in [6.07, 6.45) is 0. The number of hydrogen-bond donors (Lipinski definition) is 1. The highest BCUT2D eigenvalue weighted by Gasteiger charge is 2.19. The SMILES string of the molecule is CC(C)c1c(Br)cc(C(C)CF)c(O)c1Br. The summed E-state index contributed by atoms with van der Waals surface area (Å²) in [5.41, 5.74) is 1.64. The van der Waals surface area contributed by atoms with Crippen LogP contribution in [0.25, 0.3) is 0 Å². The lowest BCUT2D eigenvalue weighted by atomic mass is 9.96. The quantitative estimate of drug-likeness (QED) is 0.800. The van der Waals surface area contributed by atoms with Crippen LogP contribution in [0.2, 0.25) is 0 Å². The molecule has 1 rings (SSSR count). The van der Waals surface area contributed by atoms with Crippen LogP contribution in [0.5, 0.6) is 5.75 Å². The molecule has 0 saturated carbocycles. The number of aromatic hydroxyl groups is 1. The minimum Gasteiger partial charge on any atom is -0.506 e. The van der Waals surface area contributed by atoms with Gasteiger partial charge in [-0.15, -0.1) is 0 Å². The summed E-state index contributed by atoms with van der Waals surface area (Å²) in [5, 5.41) is 10.0. The van der Waals surface area contributed by atoms with Gasteiger partial charge in [-0.3, -0.25) is 4.39 Å². The Morgan fingerprint density at radius 3 is 2.31 bits per heavy atom. The second-order valence-corrected chi connectivity index (χ2v) is 5.88. The first-order chi connectivity index (χ1) is 7.40. The third-order valence-electron chi connectivity index (χ3n) is 2.60. The molecule has 0 radical (unpaired) electrons. The Hall–Kier alpha value is -0.0900. The van der Waals surface area contributed by atoms with E-state index in [9.17, 15) is 9.50 Å². The van der Waals surface area contributed by atoms with Crippen LogP contribution < -0.4 is 0 Å². The van der Waals surface area contributed by atoms with Gasteiger partial charge < -0.3 is 5.11 Å². The van der Waals surface area contributed by atoms with Gasteiger partial charge in [-0.2, -0.15) is 0 Å². The molecule has 1 atom stereocenters. The zero-order valence-corrected chi connectivity index (χ0v) is 12.7. The van der Waals surface area contributed by atoms with Crippen LogP contribution >= 0.6 is 31.9 Å². The second-order valence-electron chi connectivity index (χ2n) is 4.23.